The Balaban J connectivity index is 1.80. The number of carbonyl (C=O) groups is 2. The third kappa shape index (κ3) is 2.34. The zero-order valence-electron chi connectivity index (χ0n) is 11.1. The van der Waals surface area contributed by atoms with Crippen LogP contribution in [0.3, 0.4) is 0 Å². The van der Waals surface area contributed by atoms with Gasteiger partial charge in [0.15, 0.2) is 0 Å². The molecule has 2 heterocycles. The van der Waals surface area contributed by atoms with E-state index in [9.17, 15) is 9.59 Å². The highest BCUT2D eigenvalue weighted by Gasteiger charge is 2.30. The van der Waals surface area contributed by atoms with E-state index >= 15 is 0 Å². The number of para-hydroxylation sites is 1. The van der Waals surface area contributed by atoms with Crippen LogP contribution in [0, 0.1) is 0 Å². The first-order valence-electron chi connectivity index (χ1n) is 6.60. The molecule has 0 saturated carbocycles. The lowest BCUT2D eigenvalue weighted by Crippen LogP contribution is -2.40. The number of pyridine rings is 1. The fraction of sp³-hybridized carbons (Fsp3) is 0.267. The van der Waals surface area contributed by atoms with E-state index in [1.165, 1.54) is 0 Å². The second kappa shape index (κ2) is 4.92. The molecule has 1 unspecified atom stereocenters. The zero-order chi connectivity index (χ0) is 14.1. The van der Waals surface area contributed by atoms with Crippen molar-refractivity contribution in [3.63, 3.8) is 0 Å². The van der Waals surface area contributed by atoms with E-state index in [2.05, 4.69) is 15.6 Å². The Bertz CT molecular complexity index is 684. The standard InChI is InChI=1S/C15H15N3O2/c1-9-8-13(15(20)16-9)18-14(19)12-7-6-10-4-2-3-5-11(10)17-12/h2-7,9,13H,8H2,1H3,(H,16,20)(H,18,19)/t9?,13-/m0/s1. The lowest BCUT2D eigenvalue weighted by Gasteiger charge is -2.09. The molecule has 0 spiro atoms. The maximum Gasteiger partial charge on any atom is 0.270 e. The number of nitrogens with zero attached hydrogens (tertiary/aromatic N) is 1. The van der Waals surface area contributed by atoms with Crippen molar-refractivity contribution < 1.29 is 9.59 Å². The third-order valence-corrected chi connectivity index (χ3v) is 3.43. The Labute approximate surface area is 116 Å². The van der Waals surface area contributed by atoms with Gasteiger partial charge in [0.25, 0.3) is 5.91 Å². The number of benzene rings is 1. The second-order valence-electron chi connectivity index (χ2n) is 5.06. The van der Waals surface area contributed by atoms with Crippen LogP contribution in [0.25, 0.3) is 10.9 Å². The van der Waals surface area contributed by atoms with Crippen LogP contribution in [-0.2, 0) is 4.79 Å². The zero-order valence-corrected chi connectivity index (χ0v) is 11.1. The number of carbonyl (C=O) groups excluding carboxylic acids is 2. The Morgan fingerprint density at radius 3 is 2.85 bits per heavy atom. The van der Waals surface area contributed by atoms with Gasteiger partial charge in [-0.1, -0.05) is 24.3 Å². The number of amides is 2. The molecule has 1 aliphatic heterocycles. The van der Waals surface area contributed by atoms with E-state index in [0.29, 0.717) is 12.1 Å². The van der Waals surface area contributed by atoms with Crippen molar-refractivity contribution in [2.45, 2.75) is 25.4 Å². The molecule has 2 amide bonds. The molecule has 5 nitrogen and oxygen atoms in total. The van der Waals surface area contributed by atoms with Gasteiger partial charge in [-0.15, -0.1) is 0 Å². The summed E-state index contributed by atoms with van der Waals surface area (Å²) in [5.41, 5.74) is 1.10. The van der Waals surface area contributed by atoms with Crippen molar-refractivity contribution >= 4 is 22.7 Å². The Hall–Kier alpha value is -2.43. The van der Waals surface area contributed by atoms with Gasteiger partial charge >= 0.3 is 0 Å². The van der Waals surface area contributed by atoms with Gasteiger partial charge in [0.1, 0.15) is 11.7 Å². The minimum atomic E-state index is -0.467. The van der Waals surface area contributed by atoms with E-state index in [0.717, 1.165) is 10.9 Å². The van der Waals surface area contributed by atoms with Crippen molar-refractivity contribution in [3.8, 4) is 0 Å². The topological polar surface area (TPSA) is 71.1 Å². The number of aromatic nitrogens is 1. The van der Waals surface area contributed by atoms with Crippen molar-refractivity contribution in [2.75, 3.05) is 0 Å². The molecule has 0 radical (unpaired) electrons. The van der Waals surface area contributed by atoms with E-state index in [-0.39, 0.29) is 17.9 Å². The molecular weight excluding hydrogens is 254 g/mol. The summed E-state index contributed by atoms with van der Waals surface area (Å²) in [4.78, 5) is 28.1. The molecule has 1 aromatic heterocycles. The minimum Gasteiger partial charge on any atom is -0.352 e. The lowest BCUT2D eigenvalue weighted by atomic mass is 10.1. The minimum absolute atomic E-state index is 0.0948. The third-order valence-electron chi connectivity index (χ3n) is 3.43. The van der Waals surface area contributed by atoms with E-state index in [4.69, 9.17) is 0 Å². The van der Waals surface area contributed by atoms with Crippen molar-refractivity contribution in [1.82, 2.24) is 15.6 Å². The number of nitrogens with one attached hydrogen (secondary N) is 2. The average Bonchev–Trinajstić information content (AvgIpc) is 2.76. The van der Waals surface area contributed by atoms with Crippen molar-refractivity contribution in [3.05, 3.63) is 42.1 Å². The highest BCUT2D eigenvalue weighted by molar-refractivity contribution is 5.98. The molecule has 2 N–H and O–H groups in total. The van der Waals surface area contributed by atoms with Gasteiger partial charge in [-0.3, -0.25) is 9.59 Å². The van der Waals surface area contributed by atoms with Crippen LogP contribution >= 0.6 is 0 Å². The summed E-state index contributed by atoms with van der Waals surface area (Å²) in [7, 11) is 0. The largest absolute Gasteiger partial charge is 0.352 e. The molecule has 1 aliphatic rings. The number of rotatable bonds is 2. The second-order valence-corrected chi connectivity index (χ2v) is 5.06. The van der Waals surface area contributed by atoms with Crippen LogP contribution in [0.4, 0.5) is 0 Å². The predicted octanol–water partition coefficient (Wildman–Crippen LogP) is 1.24. The highest BCUT2D eigenvalue weighted by atomic mass is 16.2. The van der Waals surface area contributed by atoms with Gasteiger partial charge < -0.3 is 10.6 Å². The first kappa shape index (κ1) is 12.6. The Kier molecular flexibility index (Phi) is 3.10. The Morgan fingerprint density at radius 1 is 1.30 bits per heavy atom. The van der Waals surface area contributed by atoms with Gasteiger partial charge in [-0.25, -0.2) is 4.98 Å². The molecule has 0 aliphatic carbocycles. The smallest absolute Gasteiger partial charge is 0.270 e. The fourth-order valence-electron chi connectivity index (χ4n) is 2.41. The van der Waals surface area contributed by atoms with E-state index < -0.39 is 6.04 Å². The molecule has 1 fully saturated rings. The van der Waals surface area contributed by atoms with Crippen LogP contribution in [0.2, 0.25) is 0 Å². The van der Waals surface area contributed by atoms with Gasteiger partial charge in [0, 0.05) is 11.4 Å². The summed E-state index contributed by atoms with van der Waals surface area (Å²) in [6, 6.07) is 10.8. The molecule has 2 aromatic rings. The maximum atomic E-state index is 12.1. The summed E-state index contributed by atoms with van der Waals surface area (Å²) in [5.74, 6) is -0.448. The highest BCUT2D eigenvalue weighted by Crippen LogP contribution is 2.13. The molecule has 3 rings (SSSR count). The molecular formula is C15H15N3O2. The van der Waals surface area contributed by atoms with Gasteiger partial charge in [-0.2, -0.15) is 0 Å². The number of hydrogen-bond donors (Lipinski definition) is 2. The van der Waals surface area contributed by atoms with Crippen LogP contribution in [-0.4, -0.2) is 28.9 Å². The first-order valence-corrected chi connectivity index (χ1v) is 6.60. The normalized spacial score (nSPS) is 21.8. The lowest BCUT2D eigenvalue weighted by molar-refractivity contribution is -0.120. The molecule has 1 aromatic carbocycles. The van der Waals surface area contributed by atoms with E-state index in [1.807, 2.05) is 37.3 Å². The first-order chi connectivity index (χ1) is 9.63. The molecule has 5 heteroatoms. The van der Waals surface area contributed by atoms with Gasteiger partial charge in [0.2, 0.25) is 5.91 Å². The van der Waals surface area contributed by atoms with Crippen LogP contribution < -0.4 is 10.6 Å². The van der Waals surface area contributed by atoms with Crippen LogP contribution in [0.5, 0.6) is 0 Å². The quantitative estimate of drug-likeness (QED) is 0.861. The van der Waals surface area contributed by atoms with Crippen LogP contribution in [0.15, 0.2) is 36.4 Å². The molecule has 2 atom stereocenters. The number of fused-ring (bicyclic) bond motifs is 1. The average molecular weight is 269 g/mol. The Morgan fingerprint density at radius 2 is 2.10 bits per heavy atom. The summed E-state index contributed by atoms with van der Waals surface area (Å²) >= 11 is 0. The summed E-state index contributed by atoms with van der Waals surface area (Å²) in [5, 5.41) is 6.49. The summed E-state index contributed by atoms with van der Waals surface area (Å²) in [6.45, 7) is 1.92. The van der Waals surface area contributed by atoms with E-state index in [1.54, 1.807) is 6.07 Å². The predicted molar refractivity (Wildman–Crippen MR) is 75.2 cm³/mol. The SMILES string of the molecule is CC1C[C@H](NC(=O)c2ccc3ccccc3n2)C(=O)N1. The van der Waals surface area contributed by atoms with Gasteiger partial charge in [-0.05, 0) is 25.5 Å². The van der Waals surface area contributed by atoms with Gasteiger partial charge in [0.05, 0.1) is 5.52 Å². The van der Waals surface area contributed by atoms with Crippen molar-refractivity contribution in [1.29, 1.82) is 0 Å². The summed E-state index contributed by atoms with van der Waals surface area (Å²) in [6.07, 6.45) is 0.609. The monoisotopic (exact) mass is 269 g/mol. The molecule has 1 saturated heterocycles. The molecule has 102 valence electrons. The number of hydrogen-bond acceptors (Lipinski definition) is 3. The van der Waals surface area contributed by atoms with Crippen LogP contribution in [0.1, 0.15) is 23.8 Å². The van der Waals surface area contributed by atoms with Crippen molar-refractivity contribution in [2.24, 2.45) is 0 Å². The molecule has 0 bridgehead atoms. The summed E-state index contributed by atoms with van der Waals surface area (Å²) < 4.78 is 0. The molecule has 20 heavy (non-hydrogen) atoms. The maximum absolute atomic E-state index is 12.1. The fourth-order valence-corrected chi connectivity index (χ4v) is 2.41.